The first kappa shape index (κ1) is 13.2. The van der Waals surface area contributed by atoms with Gasteiger partial charge < -0.3 is 15.3 Å². The lowest BCUT2D eigenvalue weighted by molar-refractivity contribution is 0.800. The Morgan fingerprint density at radius 1 is 1.32 bits per heavy atom. The van der Waals surface area contributed by atoms with Crippen molar-refractivity contribution < 1.29 is 0 Å². The van der Waals surface area contributed by atoms with Crippen molar-refractivity contribution in [1.82, 2.24) is 24.7 Å². The van der Waals surface area contributed by atoms with E-state index in [1.54, 1.807) is 6.33 Å². The zero-order chi connectivity index (χ0) is 13.8. The van der Waals surface area contributed by atoms with E-state index in [4.69, 9.17) is 5.84 Å². The second-order valence-electron chi connectivity index (χ2n) is 4.50. The normalized spacial score (nSPS) is 10.8. The van der Waals surface area contributed by atoms with Gasteiger partial charge in [-0.25, -0.2) is 15.8 Å². The average Bonchev–Trinajstić information content (AvgIpc) is 2.81. The second-order valence-corrected chi connectivity index (χ2v) is 4.50. The van der Waals surface area contributed by atoms with Crippen molar-refractivity contribution >= 4 is 11.6 Å². The monoisotopic (exact) mass is 262 g/mol. The second kappa shape index (κ2) is 5.61. The van der Waals surface area contributed by atoms with E-state index in [0.717, 1.165) is 17.2 Å². The first-order valence-corrected chi connectivity index (χ1v) is 6.01. The number of nitrogens with zero attached hydrogens (tertiary/aromatic N) is 5. The molecule has 19 heavy (non-hydrogen) atoms. The summed E-state index contributed by atoms with van der Waals surface area (Å²) in [6.07, 6.45) is 3.13. The molecule has 0 saturated carbocycles. The first-order valence-electron chi connectivity index (χ1n) is 6.01. The van der Waals surface area contributed by atoms with Crippen molar-refractivity contribution in [3.63, 3.8) is 0 Å². The van der Waals surface area contributed by atoms with Crippen LogP contribution in [0.1, 0.15) is 31.2 Å². The SMILES string of the molecule is CC(C)c1c(NN)ncnc1NCc1nncn1C. The van der Waals surface area contributed by atoms with Crippen molar-refractivity contribution in [3.8, 4) is 0 Å². The predicted molar refractivity (Wildman–Crippen MR) is 72.3 cm³/mol. The van der Waals surface area contributed by atoms with Gasteiger partial charge in [-0.1, -0.05) is 13.8 Å². The van der Waals surface area contributed by atoms with Gasteiger partial charge in [-0.2, -0.15) is 0 Å². The summed E-state index contributed by atoms with van der Waals surface area (Å²) < 4.78 is 1.85. The Balaban J connectivity index is 2.22. The van der Waals surface area contributed by atoms with Gasteiger partial charge in [-0.05, 0) is 5.92 Å². The molecule has 2 rings (SSSR count). The first-order chi connectivity index (χ1) is 9.13. The molecule has 0 atom stereocenters. The quantitative estimate of drug-likeness (QED) is 0.535. The highest BCUT2D eigenvalue weighted by Gasteiger charge is 2.14. The minimum absolute atomic E-state index is 0.245. The molecule has 0 saturated heterocycles. The van der Waals surface area contributed by atoms with E-state index in [0.29, 0.717) is 12.4 Å². The third-order valence-corrected chi connectivity index (χ3v) is 2.82. The van der Waals surface area contributed by atoms with E-state index in [-0.39, 0.29) is 5.92 Å². The average molecular weight is 262 g/mol. The van der Waals surface area contributed by atoms with Crippen LogP contribution in [-0.2, 0) is 13.6 Å². The van der Waals surface area contributed by atoms with E-state index in [2.05, 4.69) is 44.8 Å². The number of hydrogen-bond acceptors (Lipinski definition) is 7. The molecule has 0 radical (unpaired) electrons. The van der Waals surface area contributed by atoms with Crippen molar-refractivity contribution in [1.29, 1.82) is 0 Å². The molecule has 0 unspecified atom stereocenters. The van der Waals surface area contributed by atoms with Crippen LogP contribution >= 0.6 is 0 Å². The maximum Gasteiger partial charge on any atom is 0.151 e. The molecule has 4 N–H and O–H groups in total. The Kier molecular flexibility index (Phi) is 3.91. The summed E-state index contributed by atoms with van der Waals surface area (Å²) in [6, 6.07) is 0. The molecular formula is C11H18N8. The third-order valence-electron chi connectivity index (χ3n) is 2.82. The van der Waals surface area contributed by atoms with Crippen molar-refractivity contribution in [2.24, 2.45) is 12.9 Å². The highest BCUT2D eigenvalue weighted by atomic mass is 15.3. The Morgan fingerprint density at radius 2 is 2.05 bits per heavy atom. The van der Waals surface area contributed by atoms with Crippen LogP contribution in [0.3, 0.4) is 0 Å². The van der Waals surface area contributed by atoms with Crippen molar-refractivity contribution in [2.75, 3.05) is 10.7 Å². The summed E-state index contributed by atoms with van der Waals surface area (Å²) in [5.41, 5.74) is 3.55. The van der Waals surface area contributed by atoms with Crippen molar-refractivity contribution in [3.05, 3.63) is 24.0 Å². The molecule has 0 aliphatic carbocycles. The van der Waals surface area contributed by atoms with E-state index < -0.39 is 0 Å². The predicted octanol–water partition coefficient (Wildman–Crippen LogP) is 0.626. The number of anilines is 2. The molecule has 0 aromatic carbocycles. The topological polar surface area (TPSA) is 107 Å². The molecule has 8 nitrogen and oxygen atoms in total. The fourth-order valence-electron chi connectivity index (χ4n) is 1.83. The fourth-order valence-corrected chi connectivity index (χ4v) is 1.83. The molecule has 0 amide bonds. The Morgan fingerprint density at radius 3 is 2.63 bits per heavy atom. The van der Waals surface area contributed by atoms with Gasteiger partial charge in [-0.15, -0.1) is 10.2 Å². The standard InChI is InChI=1S/C11H18N8/c1-7(2)9-10(14-5-15-11(9)17-12)13-4-8-18-16-6-19(8)3/h5-7H,4,12H2,1-3H3,(H2,13,14,15,17). The number of aryl methyl sites for hydroxylation is 1. The van der Waals surface area contributed by atoms with Gasteiger partial charge in [0.2, 0.25) is 0 Å². The number of hydrogen-bond donors (Lipinski definition) is 3. The van der Waals surface area contributed by atoms with E-state index in [1.807, 2.05) is 11.6 Å². The van der Waals surface area contributed by atoms with Gasteiger partial charge in [0, 0.05) is 12.6 Å². The zero-order valence-electron chi connectivity index (χ0n) is 11.3. The Bertz CT molecular complexity index is 547. The number of nitrogens with one attached hydrogen (secondary N) is 2. The van der Waals surface area contributed by atoms with Crippen LogP contribution in [-0.4, -0.2) is 24.7 Å². The molecular weight excluding hydrogens is 244 g/mol. The van der Waals surface area contributed by atoms with E-state index in [9.17, 15) is 0 Å². The number of aromatic nitrogens is 5. The van der Waals surface area contributed by atoms with Gasteiger partial charge in [0.1, 0.15) is 24.3 Å². The van der Waals surface area contributed by atoms with E-state index in [1.165, 1.54) is 6.33 Å². The number of nitrogens with two attached hydrogens (primary N) is 1. The van der Waals surface area contributed by atoms with E-state index >= 15 is 0 Å². The fraction of sp³-hybridized carbons (Fsp3) is 0.455. The number of nitrogen functional groups attached to an aromatic ring is 1. The van der Waals surface area contributed by atoms with Gasteiger partial charge >= 0.3 is 0 Å². The summed E-state index contributed by atoms with van der Waals surface area (Å²) in [7, 11) is 1.90. The van der Waals surface area contributed by atoms with Crippen LogP contribution in [0.15, 0.2) is 12.7 Å². The van der Waals surface area contributed by atoms with Gasteiger partial charge in [0.05, 0.1) is 6.54 Å². The molecule has 0 bridgehead atoms. The maximum atomic E-state index is 5.48. The summed E-state index contributed by atoms with van der Waals surface area (Å²) in [5.74, 6) is 7.93. The smallest absolute Gasteiger partial charge is 0.151 e. The van der Waals surface area contributed by atoms with Crippen LogP contribution in [0.5, 0.6) is 0 Å². The minimum Gasteiger partial charge on any atom is -0.362 e. The summed E-state index contributed by atoms with van der Waals surface area (Å²) in [6.45, 7) is 4.66. The third kappa shape index (κ3) is 2.79. The Labute approximate surface area is 111 Å². The highest BCUT2D eigenvalue weighted by molar-refractivity contribution is 5.58. The lowest BCUT2D eigenvalue weighted by atomic mass is 10.0. The minimum atomic E-state index is 0.245. The molecule has 0 spiro atoms. The number of rotatable bonds is 5. The Hall–Kier alpha value is -2.22. The molecule has 2 aromatic rings. The maximum absolute atomic E-state index is 5.48. The van der Waals surface area contributed by atoms with Crippen LogP contribution in [0.25, 0.3) is 0 Å². The molecule has 2 aromatic heterocycles. The summed E-state index contributed by atoms with van der Waals surface area (Å²) in [4.78, 5) is 8.38. The molecule has 2 heterocycles. The summed E-state index contributed by atoms with van der Waals surface area (Å²) in [5, 5.41) is 11.1. The number of hydrazine groups is 1. The molecule has 8 heteroatoms. The van der Waals surface area contributed by atoms with Crippen molar-refractivity contribution in [2.45, 2.75) is 26.3 Å². The van der Waals surface area contributed by atoms with Crippen LogP contribution in [0.4, 0.5) is 11.6 Å². The van der Waals surface area contributed by atoms with Gasteiger partial charge in [0.25, 0.3) is 0 Å². The molecule has 102 valence electrons. The van der Waals surface area contributed by atoms with Crippen LogP contribution < -0.4 is 16.6 Å². The largest absolute Gasteiger partial charge is 0.362 e. The van der Waals surface area contributed by atoms with Gasteiger partial charge in [0.15, 0.2) is 5.82 Å². The summed E-state index contributed by atoms with van der Waals surface area (Å²) >= 11 is 0. The van der Waals surface area contributed by atoms with Crippen LogP contribution in [0.2, 0.25) is 0 Å². The highest BCUT2D eigenvalue weighted by Crippen LogP contribution is 2.27. The lowest BCUT2D eigenvalue weighted by Crippen LogP contribution is -2.15. The molecule has 0 fully saturated rings. The molecule has 0 aliphatic rings. The zero-order valence-corrected chi connectivity index (χ0v) is 11.3. The van der Waals surface area contributed by atoms with Crippen LogP contribution in [0, 0.1) is 0 Å². The van der Waals surface area contributed by atoms with Gasteiger partial charge in [-0.3, -0.25) is 0 Å². The lowest BCUT2D eigenvalue weighted by Gasteiger charge is -2.16. The molecule has 0 aliphatic heterocycles.